The van der Waals surface area contributed by atoms with Gasteiger partial charge in [-0.3, -0.25) is 4.79 Å². The predicted octanol–water partition coefficient (Wildman–Crippen LogP) is 2.92. The number of carbonyl (C=O) groups is 2. The van der Waals surface area contributed by atoms with Gasteiger partial charge in [-0.2, -0.15) is 0 Å². The molecule has 0 aliphatic carbocycles. The van der Waals surface area contributed by atoms with Crippen LogP contribution in [0.25, 0.3) is 0 Å². The maximum absolute atomic E-state index is 12.5. The molecule has 0 aliphatic rings. The van der Waals surface area contributed by atoms with Crippen LogP contribution in [0.5, 0.6) is 0 Å². The Labute approximate surface area is 120 Å². The maximum Gasteiger partial charge on any atom is 0.335 e. The van der Waals surface area contributed by atoms with Crippen molar-refractivity contribution in [3.63, 3.8) is 0 Å². The zero-order chi connectivity index (χ0) is 14.7. The first-order valence-electron chi connectivity index (χ1n) is 5.85. The van der Waals surface area contributed by atoms with E-state index in [-0.39, 0.29) is 17.0 Å². The van der Waals surface area contributed by atoms with Gasteiger partial charge in [-0.05, 0) is 18.4 Å². The van der Waals surface area contributed by atoms with Crippen molar-refractivity contribution < 1.29 is 14.7 Å². The first-order chi connectivity index (χ1) is 9.54. The summed E-state index contributed by atoms with van der Waals surface area (Å²) >= 11 is 1.30. The number of carboxylic acids is 1. The summed E-state index contributed by atoms with van der Waals surface area (Å²) in [5.74, 6) is -1.27. The summed E-state index contributed by atoms with van der Waals surface area (Å²) in [6.07, 6.45) is 1.78. The molecule has 0 aliphatic heterocycles. The molecule has 0 radical (unpaired) electrons. The number of hydrogen-bond acceptors (Lipinski definition) is 4. The van der Waals surface area contributed by atoms with E-state index in [1.807, 2.05) is 6.07 Å². The minimum Gasteiger partial charge on any atom is -0.478 e. The smallest absolute Gasteiger partial charge is 0.335 e. The highest BCUT2D eigenvalue weighted by atomic mass is 32.2. The Kier molecular flexibility index (Phi) is 4.10. The Hall–Kier alpha value is -2.27. The van der Waals surface area contributed by atoms with Crippen LogP contribution in [0.1, 0.15) is 26.3 Å². The Morgan fingerprint density at radius 1 is 1.10 bits per heavy atom. The van der Waals surface area contributed by atoms with Gasteiger partial charge in [-0.25, -0.2) is 4.79 Å². The average molecular weight is 287 g/mol. The number of benzene rings is 2. The Bertz CT molecular complexity index is 668. The first kappa shape index (κ1) is 14.1. The normalized spacial score (nSPS) is 10.2. The third-order valence-electron chi connectivity index (χ3n) is 2.86. The minimum atomic E-state index is -1.06. The van der Waals surface area contributed by atoms with E-state index in [1.165, 1.54) is 23.9 Å². The quantitative estimate of drug-likeness (QED) is 0.513. The number of nitrogen functional groups attached to an aromatic ring is 1. The molecule has 0 spiro atoms. The highest BCUT2D eigenvalue weighted by Gasteiger charge is 2.19. The molecular weight excluding hydrogens is 274 g/mol. The largest absolute Gasteiger partial charge is 0.478 e. The molecule has 0 bridgehead atoms. The summed E-state index contributed by atoms with van der Waals surface area (Å²) in [7, 11) is 0. The van der Waals surface area contributed by atoms with Crippen LogP contribution < -0.4 is 5.73 Å². The predicted molar refractivity (Wildman–Crippen MR) is 79.5 cm³/mol. The lowest BCUT2D eigenvalue weighted by atomic mass is 10.00. The van der Waals surface area contributed by atoms with Gasteiger partial charge in [0.25, 0.3) is 0 Å². The van der Waals surface area contributed by atoms with Crippen molar-refractivity contribution >= 4 is 29.2 Å². The second-order valence-electron chi connectivity index (χ2n) is 4.14. The van der Waals surface area contributed by atoms with E-state index in [2.05, 4.69) is 0 Å². The molecule has 0 fully saturated rings. The molecule has 102 valence electrons. The SMILES string of the molecule is CSc1cc(C(=O)O)cc(N)c1C(=O)c1ccccc1. The molecule has 4 nitrogen and oxygen atoms in total. The standard InChI is InChI=1S/C15H13NO3S/c1-20-12-8-10(15(18)19)7-11(16)13(12)14(17)9-5-3-2-4-6-9/h2-8H,16H2,1H3,(H,18,19). The van der Waals surface area contributed by atoms with Gasteiger partial charge in [0.05, 0.1) is 11.1 Å². The number of rotatable bonds is 4. The van der Waals surface area contributed by atoms with Crippen LogP contribution in [0.4, 0.5) is 5.69 Å². The van der Waals surface area contributed by atoms with Crippen LogP contribution in [0, 0.1) is 0 Å². The molecule has 0 aromatic heterocycles. The lowest BCUT2D eigenvalue weighted by Gasteiger charge is -2.11. The van der Waals surface area contributed by atoms with Crippen LogP contribution >= 0.6 is 11.8 Å². The van der Waals surface area contributed by atoms with E-state index < -0.39 is 5.97 Å². The number of nitrogens with two attached hydrogens (primary N) is 1. The van der Waals surface area contributed by atoms with Crippen molar-refractivity contribution in [3.05, 3.63) is 59.2 Å². The van der Waals surface area contributed by atoms with Crippen LogP contribution in [0.15, 0.2) is 47.4 Å². The molecule has 0 saturated carbocycles. The van der Waals surface area contributed by atoms with E-state index in [0.29, 0.717) is 16.0 Å². The Balaban J connectivity index is 2.57. The number of anilines is 1. The summed E-state index contributed by atoms with van der Waals surface area (Å²) in [4.78, 5) is 24.1. The fourth-order valence-electron chi connectivity index (χ4n) is 1.90. The molecule has 2 aromatic rings. The molecule has 3 N–H and O–H groups in total. The monoisotopic (exact) mass is 287 g/mol. The Morgan fingerprint density at radius 3 is 2.30 bits per heavy atom. The van der Waals surface area contributed by atoms with Gasteiger partial charge in [-0.1, -0.05) is 30.3 Å². The maximum atomic E-state index is 12.5. The van der Waals surface area contributed by atoms with Gasteiger partial charge in [-0.15, -0.1) is 11.8 Å². The highest BCUT2D eigenvalue weighted by molar-refractivity contribution is 7.98. The van der Waals surface area contributed by atoms with E-state index in [0.717, 1.165) is 0 Å². The van der Waals surface area contributed by atoms with Crippen molar-refractivity contribution in [1.82, 2.24) is 0 Å². The Morgan fingerprint density at radius 2 is 1.75 bits per heavy atom. The van der Waals surface area contributed by atoms with Gasteiger partial charge in [0, 0.05) is 16.1 Å². The summed E-state index contributed by atoms with van der Waals surface area (Å²) in [6.45, 7) is 0. The molecular formula is C15H13NO3S. The fourth-order valence-corrected chi connectivity index (χ4v) is 2.56. The number of hydrogen-bond donors (Lipinski definition) is 2. The molecule has 2 rings (SSSR count). The molecule has 5 heteroatoms. The van der Waals surface area contributed by atoms with E-state index >= 15 is 0 Å². The number of thioether (sulfide) groups is 1. The van der Waals surface area contributed by atoms with Crippen LogP contribution in [0.3, 0.4) is 0 Å². The lowest BCUT2D eigenvalue weighted by molar-refractivity contribution is 0.0696. The minimum absolute atomic E-state index is 0.0801. The molecule has 2 aromatic carbocycles. The molecule has 0 atom stereocenters. The van der Waals surface area contributed by atoms with Gasteiger partial charge in [0.15, 0.2) is 5.78 Å². The van der Waals surface area contributed by atoms with Crippen molar-refractivity contribution in [2.75, 3.05) is 12.0 Å². The second-order valence-corrected chi connectivity index (χ2v) is 4.99. The zero-order valence-corrected chi connectivity index (χ0v) is 11.6. The van der Waals surface area contributed by atoms with Crippen molar-refractivity contribution in [2.24, 2.45) is 0 Å². The van der Waals surface area contributed by atoms with Gasteiger partial charge < -0.3 is 10.8 Å². The topological polar surface area (TPSA) is 80.4 Å². The zero-order valence-electron chi connectivity index (χ0n) is 10.8. The number of carboxylic acid groups (broad SMARTS) is 1. The lowest BCUT2D eigenvalue weighted by Crippen LogP contribution is -2.09. The van der Waals surface area contributed by atoms with E-state index in [9.17, 15) is 9.59 Å². The summed E-state index contributed by atoms with van der Waals surface area (Å²) in [5.41, 5.74) is 7.02. The number of aromatic carboxylic acids is 1. The fraction of sp³-hybridized carbons (Fsp3) is 0.0667. The average Bonchev–Trinajstić information content (AvgIpc) is 2.46. The molecule has 0 amide bonds. The molecule has 0 heterocycles. The summed E-state index contributed by atoms with van der Waals surface area (Å²) < 4.78 is 0. The molecule has 0 saturated heterocycles. The van der Waals surface area contributed by atoms with Gasteiger partial charge in [0.1, 0.15) is 0 Å². The summed E-state index contributed by atoms with van der Waals surface area (Å²) in [5, 5.41) is 9.03. The third kappa shape index (κ3) is 2.67. The van der Waals surface area contributed by atoms with Crippen molar-refractivity contribution in [3.8, 4) is 0 Å². The third-order valence-corrected chi connectivity index (χ3v) is 3.62. The molecule has 0 unspecified atom stereocenters. The van der Waals surface area contributed by atoms with E-state index in [4.69, 9.17) is 10.8 Å². The van der Waals surface area contributed by atoms with Crippen molar-refractivity contribution in [1.29, 1.82) is 0 Å². The number of carbonyl (C=O) groups excluding carboxylic acids is 1. The van der Waals surface area contributed by atoms with Gasteiger partial charge >= 0.3 is 5.97 Å². The van der Waals surface area contributed by atoms with Crippen LogP contribution in [-0.4, -0.2) is 23.1 Å². The number of ketones is 1. The van der Waals surface area contributed by atoms with Crippen molar-refractivity contribution in [2.45, 2.75) is 4.90 Å². The van der Waals surface area contributed by atoms with Crippen LogP contribution in [-0.2, 0) is 0 Å². The highest BCUT2D eigenvalue weighted by Crippen LogP contribution is 2.29. The first-order valence-corrected chi connectivity index (χ1v) is 7.07. The van der Waals surface area contributed by atoms with E-state index in [1.54, 1.807) is 30.5 Å². The van der Waals surface area contributed by atoms with Crippen LogP contribution in [0.2, 0.25) is 0 Å². The summed E-state index contributed by atoms with van der Waals surface area (Å²) in [6, 6.07) is 11.6. The molecule has 20 heavy (non-hydrogen) atoms. The van der Waals surface area contributed by atoms with Gasteiger partial charge in [0.2, 0.25) is 0 Å². The second kappa shape index (κ2) is 5.79.